The normalized spacial score (nSPS) is 13.2. The summed E-state index contributed by atoms with van der Waals surface area (Å²) < 4.78 is 16.5. The van der Waals surface area contributed by atoms with Crippen molar-refractivity contribution in [3.05, 3.63) is 72.1 Å². The number of nitrogens with zero attached hydrogens (tertiary/aromatic N) is 3. The predicted octanol–water partition coefficient (Wildman–Crippen LogP) is 4.18. The molecule has 0 spiro atoms. The fourth-order valence-corrected chi connectivity index (χ4v) is 3.81. The van der Waals surface area contributed by atoms with Gasteiger partial charge in [0.1, 0.15) is 17.2 Å². The third-order valence-electron chi connectivity index (χ3n) is 5.46. The molecule has 0 fully saturated rings. The summed E-state index contributed by atoms with van der Waals surface area (Å²) in [5, 5.41) is 3.12. The largest absolute Gasteiger partial charge is 0.496 e. The van der Waals surface area contributed by atoms with E-state index >= 15 is 0 Å². The van der Waals surface area contributed by atoms with Crippen molar-refractivity contribution in [2.45, 2.75) is 6.42 Å². The first-order valence-corrected chi connectivity index (χ1v) is 10.6. The van der Waals surface area contributed by atoms with E-state index in [2.05, 4.69) is 15.3 Å². The number of ether oxygens (including phenoxy) is 3. The number of carbonyl (C=O) groups excluding carboxylic acids is 1. The van der Waals surface area contributed by atoms with Crippen LogP contribution in [0.25, 0.3) is 5.57 Å². The summed E-state index contributed by atoms with van der Waals surface area (Å²) in [4.78, 5) is 23.3. The SMILES string of the molecule is COc1cc(OC)c(C2=CCN(C(=O)c3cccc(Nc4ncccn4)c3)CC2)c(OC)c1. The molecule has 0 radical (unpaired) electrons. The van der Waals surface area contributed by atoms with Crippen molar-refractivity contribution in [1.29, 1.82) is 0 Å². The van der Waals surface area contributed by atoms with Gasteiger partial charge in [-0.1, -0.05) is 12.1 Å². The molecule has 170 valence electrons. The molecule has 1 N–H and O–H groups in total. The Labute approximate surface area is 192 Å². The van der Waals surface area contributed by atoms with E-state index in [1.54, 1.807) is 39.8 Å². The van der Waals surface area contributed by atoms with Crippen molar-refractivity contribution in [3.63, 3.8) is 0 Å². The van der Waals surface area contributed by atoms with Gasteiger partial charge in [-0.05, 0) is 36.3 Å². The molecule has 1 aliphatic heterocycles. The second-order valence-corrected chi connectivity index (χ2v) is 7.42. The number of aromatic nitrogens is 2. The average Bonchev–Trinajstić information content (AvgIpc) is 2.88. The van der Waals surface area contributed by atoms with Crippen LogP contribution in [0, 0.1) is 0 Å². The number of hydrogen-bond donors (Lipinski definition) is 1. The maximum absolute atomic E-state index is 13.1. The van der Waals surface area contributed by atoms with E-state index in [0.29, 0.717) is 48.3 Å². The molecule has 8 nitrogen and oxygen atoms in total. The standard InChI is InChI=1S/C25H26N4O4/c1-31-20-15-21(32-2)23(22(16-20)33-3)17-8-12-29(13-9-17)24(30)18-6-4-7-19(14-18)28-25-26-10-5-11-27-25/h4-8,10-11,14-16H,9,12-13H2,1-3H3,(H,26,27,28). The molecule has 0 saturated heterocycles. The van der Waals surface area contributed by atoms with E-state index in [0.717, 1.165) is 16.8 Å². The van der Waals surface area contributed by atoms with E-state index in [1.807, 2.05) is 47.4 Å². The number of methoxy groups -OCH3 is 3. The van der Waals surface area contributed by atoms with Crippen LogP contribution in [-0.2, 0) is 0 Å². The van der Waals surface area contributed by atoms with E-state index in [1.165, 1.54) is 0 Å². The molecule has 0 aliphatic carbocycles. The van der Waals surface area contributed by atoms with Crippen LogP contribution in [0.4, 0.5) is 11.6 Å². The van der Waals surface area contributed by atoms with Gasteiger partial charge in [-0.3, -0.25) is 4.79 Å². The number of rotatable bonds is 7. The Morgan fingerprint density at radius 1 is 0.970 bits per heavy atom. The lowest BCUT2D eigenvalue weighted by atomic mass is 9.96. The van der Waals surface area contributed by atoms with Crippen molar-refractivity contribution in [2.75, 3.05) is 39.7 Å². The van der Waals surface area contributed by atoms with E-state index in [-0.39, 0.29) is 5.91 Å². The van der Waals surface area contributed by atoms with Gasteiger partial charge in [0.25, 0.3) is 5.91 Å². The molecule has 0 unspecified atom stereocenters. The van der Waals surface area contributed by atoms with Gasteiger partial charge in [-0.15, -0.1) is 0 Å². The molecule has 0 saturated carbocycles. The highest BCUT2D eigenvalue weighted by molar-refractivity contribution is 5.96. The number of hydrogen-bond acceptors (Lipinski definition) is 7. The number of amides is 1. The third-order valence-corrected chi connectivity index (χ3v) is 5.46. The fourth-order valence-electron chi connectivity index (χ4n) is 3.81. The molecular formula is C25H26N4O4. The molecule has 4 rings (SSSR count). The lowest BCUT2D eigenvalue weighted by Crippen LogP contribution is -2.34. The first-order chi connectivity index (χ1) is 16.1. The van der Waals surface area contributed by atoms with Crippen molar-refractivity contribution in [1.82, 2.24) is 14.9 Å². The molecule has 2 aromatic carbocycles. The minimum Gasteiger partial charge on any atom is -0.496 e. The highest BCUT2D eigenvalue weighted by Crippen LogP contribution is 2.41. The number of carbonyl (C=O) groups is 1. The van der Waals surface area contributed by atoms with Gasteiger partial charge in [0.15, 0.2) is 0 Å². The lowest BCUT2D eigenvalue weighted by molar-refractivity contribution is 0.0773. The van der Waals surface area contributed by atoms with Gasteiger partial charge in [0.05, 0.1) is 26.9 Å². The zero-order chi connectivity index (χ0) is 23.2. The molecule has 0 bridgehead atoms. The smallest absolute Gasteiger partial charge is 0.254 e. The molecule has 1 amide bonds. The lowest BCUT2D eigenvalue weighted by Gasteiger charge is -2.28. The summed E-state index contributed by atoms with van der Waals surface area (Å²) in [6.45, 7) is 1.08. The van der Waals surface area contributed by atoms with Gasteiger partial charge >= 0.3 is 0 Å². The van der Waals surface area contributed by atoms with Crippen LogP contribution in [0.1, 0.15) is 22.3 Å². The summed E-state index contributed by atoms with van der Waals surface area (Å²) >= 11 is 0. The van der Waals surface area contributed by atoms with Gasteiger partial charge in [-0.2, -0.15) is 0 Å². The van der Waals surface area contributed by atoms with E-state index in [4.69, 9.17) is 14.2 Å². The van der Waals surface area contributed by atoms with Crippen LogP contribution in [0.5, 0.6) is 17.2 Å². The van der Waals surface area contributed by atoms with E-state index < -0.39 is 0 Å². The Balaban J connectivity index is 1.52. The summed E-state index contributed by atoms with van der Waals surface area (Å²) in [5.41, 5.74) is 3.33. The molecule has 3 aromatic rings. The highest BCUT2D eigenvalue weighted by Gasteiger charge is 2.24. The maximum atomic E-state index is 13.1. The minimum atomic E-state index is -0.0309. The van der Waals surface area contributed by atoms with Crippen LogP contribution in [-0.4, -0.2) is 55.2 Å². The first kappa shape index (κ1) is 22.1. The van der Waals surface area contributed by atoms with Crippen molar-refractivity contribution >= 4 is 23.1 Å². The molecule has 8 heteroatoms. The Hall–Kier alpha value is -4.07. The predicted molar refractivity (Wildman–Crippen MR) is 126 cm³/mol. The van der Waals surface area contributed by atoms with Crippen LogP contribution < -0.4 is 19.5 Å². The summed E-state index contributed by atoms with van der Waals surface area (Å²) in [5.74, 6) is 2.47. The minimum absolute atomic E-state index is 0.0309. The number of anilines is 2. The van der Waals surface area contributed by atoms with Crippen LogP contribution in [0.15, 0.2) is 60.9 Å². The highest BCUT2D eigenvalue weighted by atomic mass is 16.5. The van der Waals surface area contributed by atoms with Crippen molar-refractivity contribution < 1.29 is 19.0 Å². The summed E-state index contributed by atoms with van der Waals surface area (Å²) in [7, 11) is 4.85. The molecule has 1 aromatic heterocycles. The van der Waals surface area contributed by atoms with Crippen molar-refractivity contribution in [2.24, 2.45) is 0 Å². The van der Waals surface area contributed by atoms with Gasteiger partial charge in [-0.25, -0.2) is 9.97 Å². The number of benzene rings is 2. The Kier molecular flexibility index (Phi) is 6.73. The second kappa shape index (κ2) is 10.0. The Morgan fingerprint density at radius 2 is 1.70 bits per heavy atom. The second-order valence-electron chi connectivity index (χ2n) is 7.42. The zero-order valence-electron chi connectivity index (χ0n) is 18.9. The fraction of sp³-hybridized carbons (Fsp3) is 0.240. The molecule has 2 heterocycles. The summed E-state index contributed by atoms with van der Waals surface area (Å²) in [6, 6.07) is 12.8. The summed E-state index contributed by atoms with van der Waals surface area (Å²) in [6.07, 6.45) is 6.05. The van der Waals surface area contributed by atoms with Crippen molar-refractivity contribution in [3.8, 4) is 17.2 Å². The molecular weight excluding hydrogens is 420 g/mol. The van der Waals surface area contributed by atoms with Gasteiger partial charge in [0, 0.05) is 48.9 Å². The monoisotopic (exact) mass is 446 g/mol. The maximum Gasteiger partial charge on any atom is 0.254 e. The first-order valence-electron chi connectivity index (χ1n) is 10.6. The topological polar surface area (TPSA) is 85.8 Å². The zero-order valence-corrected chi connectivity index (χ0v) is 18.9. The Morgan fingerprint density at radius 3 is 2.30 bits per heavy atom. The molecule has 0 atom stereocenters. The van der Waals surface area contributed by atoms with Crippen LogP contribution in [0.3, 0.4) is 0 Å². The molecule has 1 aliphatic rings. The van der Waals surface area contributed by atoms with Gasteiger partial charge < -0.3 is 24.4 Å². The van der Waals surface area contributed by atoms with Crippen LogP contribution in [0.2, 0.25) is 0 Å². The average molecular weight is 447 g/mol. The quantitative estimate of drug-likeness (QED) is 0.583. The van der Waals surface area contributed by atoms with Crippen LogP contribution >= 0.6 is 0 Å². The third kappa shape index (κ3) is 4.90. The van der Waals surface area contributed by atoms with E-state index in [9.17, 15) is 4.79 Å². The number of nitrogens with one attached hydrogen (secondary N) is 1. The Bertz CT molecular complexity index is 1140. The molecule has 33 heavy (non-hydrogen) atoms. The van der Waals surface area contributed by atoms with Gasteiger partial charge in [0.2, 0.25) is 5.95 Å².